The molecule has 4 heteroatoms. The first-order valence-electron chi connectivity index (χ1n) is 6.27. The Bertz CT molecular complexity index is 210. The molecule has 0 spiro atoms. The second kappa shape index (κ2) is 6.86. The summed E-state index contributed by atoms with van der Waals surface area (Å²) in [6.07, 6.45) is 3.36. The third-order valence-electron chi connectivity index (χ3n) is 3.21. The Hall–Kier alpha value is -0.610. The summed E-state index contributed by atoms with van der Waals surface area (Å²) < 4.78 is 5.41. The first-order valence-corrected chi connectivity index (χ1v) is 6.27. The van der Waals surface area contributed by atoms with E-state index < -0.39 is 0 Å². The maximum absolute atomic E-state index is 12.2. The van der Waals surface area contributed by atoms with Crippen LogP contribution in [0.1, 0.15) is 39.5 Å². The van der Waals surface area contributed by atoms with Crippen molar-refractivity contribution in [3.05, 3.63) is 0 Å². The number of amides is 1. The predicted molar refractivity (Wildman–Crippen MR) is 62.1 cm³/mol. The summed E-state index contributed by atoms with van der Waals surface area (Å²) in [5.74, 6) is 0.0558. The van der Waals surface area contributed by atoms with Gasteiger partial charge in [0.2, 0.25) is 0 Å². The van der Waals surface area contributed by atoms with Crippen molar-refractivity contribution in [3.8, 4) is 0 Å². The molecule has 1 heterocycles. The van der Waals surface area contributed by atoms with Crippen molar-refractivity contribution >= 4 is 5.91 Å². The smallest absolute Gasteiger partial charge is 0.252 e. The van der Waals surface area contributed by atoms with Gasteiger partial charge in [-0.15, -0.1) is 0 Å². The van der Waals surface area contributed by atoms with Crippen molar-refractivity contribution in [2.24, 2.45) is 0 Å². The number of rotatable bonds is 6. The maximum Gasteiger partial charge on any atom is 0.252 e. The van der Waals surface area contributed by atoms with Gasteiger partial charge in [0.1, 0.15) is 6.10 Å². The Morgan fingerprint density at radius 1 is 1.50 bits per heavy atom. The Labute approximate surface area is 97.6 Å². The average Bonchev–Trinajstić information content (AvgIpc) is 2.82. The molecule has 1 fully saturated rings. The zero-order valence-electron chi connectivity index (χ0n) is 10.3. The number of carbonyl (C=O) groups is 1. The molecule has 1 atom stereocenters. The molecule has 1 rings (SSSR count). The lowest BCUT2D eigenvalue weighted by atomic mass is 10.1. The summed E-state index contributed by atoms with van der Waals surface area (Å²) in [5.41, 5.74) is 0. The van der Waals surface area contributed by atoms with Crippen LogP contribution in [0.4, 0.5) is 0 Å². The third-order valence-corrected chi connectivity index (χ3v) is 3.21. The van der Waals surface area contributed by atoms with E-state index in [-0.39, 0.29) is 24.7 Å². The number of carbonyl (C=O) groups excluding carboxylic acids is 1. The van der Waals surface area contributed by atoms with Crippen molar-refractivity contribution < 1.29 is 14.6 Å². The van der Waals surface area contributed by atoms with Crippen molar-refractivity contribution in [3.63, 3.8) is 0 Å². The molecule has 0 aromatic heterocycles. The van der Waals surface area contributed by atoms with E-state index in [9.17, 15) is 4.79 Å². The summed E-state index contributed by atoms with van der Waals surface area (Å²) in [4.78, 5) is 14.0. The fourth-order valence-corrected chi connectivity index (χ4v) is 2.27. The quantitative estimate of drug-likeness (QED) is 0.744. The van der Waals surface area contributed by atoms with Gasteiger partial charge in [-0.3, -0.25) is 4.79 Å². The molecule has 0 bridgehead atoms. The van der Waals surface area contributed by atoms with E-state index in [0.29, 0.717) is 13.2 Å². The van der Waals surface area contributed by atoms with E-state index >= 15 is 0 Å². The molecular formula is C12H23NO3. The Balaban J connectivity index is 2.63. The molecule has 0 aromatic carbocycles. The molecule has 4 nitrogen and oxygen atoms in total. The van der Waals surface area contributed by atoms with Gasteiger partial charge >= 0.3 is 0 Å². The summed E-state index contributed by atoms with van der Waals surface area (Å²) >= 11 is 0. The number of aliphatic hydroxyl groups excluding tert-OH is 1. The zero-order chi connectivity index (χ0) is 12.0. The molecule has 0 radical (unpaired) electrons. The zero-order valence-corrected chi connectivity index (χ0v) is 10.3. The minimum atomic E-state index is -0.271. The van der Waals surface area contributed by atoms with Crippen molar-refractivity contribution in [2.75, 3.05) is 19.8 Å². The van der Waals surface area contributed by atoms with Gasteiger partial charge < -0.3 is 14.7 Å². The van der Waals surface area contributed by atoms with E-state index in [1.54, 1.807) is 4.90 Å². The normalized spacial score (nSPS) is 20.4. The van der Waals surface area contributed by atoms with E-state index in [0.717, 1.165) is 25.7 Å². The Morgan fingerprint density at radius 2 is 2.19 bits per heavy atom. The Morgan fingerprint density at radius 3 is 2.62 bits per heavy atom. The first kappa shape index (κ1) is 13.5. The number of nitrogens with zero attached hydrogens (tertiary/aromatic N) is 1. The minimum Gasteiger partial charge on any atom is -0.395 e. The van der Waals surface area contributed by atoms with Crippen LogP contribution in [-0.2, 0) is 9.53 Å². The maximum atomic E-state index is 12.2. The number of aliphatic hydroxyl groups is 1. The fraction of sp³-hybridized carbons (Fsp3) is 0.917. The highest BCUT2D eigenvalue weighted by Gasteiger charge is 2.30. The highest BCUT2D eigenvalue weighted by Crippen LogP contribution is 2.18. The number of hydrogen-bond acceptors (Lipinski definition) is 3. The van der Waals surface area contributed by atoms with Crippen molar-refractivity contribution in [1.29, 1.82) is 0 Å². The molecule has 1 aliphatic heterocycles. The molecule has 0 aromatic rings. The van der Waals surface area contributed by atoms with Gasteiger partial charge in [-0.05, 0) is 25.7 Å². The minimum absolute atomic E-state index is 0.0228. The van der Waals surface area contributed by atoms with Gasteiger partial charge in [0.15, 0.2) is 0 Å². The molecule has 0 saturated carbocycles. The standard InChI is InChI=1S/C12H23NO3/c1-3-10(4-2)13(7-8-14)12(15)11-6-5-9-16-11/h10-11,14H,3-9H2,1-2H3/t11-/m1/s1. The van der Waals surface area contributed by atoms with Crippen LogP contribution in [0.3, 0.4) is 0 Å². The van der Waals surface area contributed by atoms with E-state index in [1.165, 1.54) is 0 Å². The lowest BCUT2D eigenvalue weighted by Gasteiger charge is -2.31. The van der Waals surface area contributed by atoms with Gasteiger partial charge in [0.05, 0.1) is 6.61 Å². The monoisotopic (exact) mass is 229 g/mol. The fourth-order valence-electron chi connectivity index (χ4n) is 2.27. The highest BCUT2D eigenvalue weighted by atomic mass is 16.5. The number of hydrogen-bond donors (Lipinski definition) is 1. The molecule has 1 saturated heterocycles. The van der Waals surface area contributed by atoms with E-state index in [2.05, 4.69) is 13.8 Å². The van der Waals surface area contributed by atoms with Crippen LogP contribution in [0.2, 0.25) is 0 Å². The molecule has 16 heavy (non-hydrogen) atoms. The second-order valence-electron chi connectivity index (χ2n) is 4.23. The van der Waals surface area contributed by atoms with Gasteiger partial charge in [-0.2, -0.15) is 0 Å². The molecule has 1 N–H and O–H groups in total. The molecular weight excluding hydrogens is 206 g/mol. The van der Waals surface area contributed by atoms with Crippen LogP contribution in [-0.4, -0.2) is 47.8 Å². The summed E-state index contributed by atoms with van der Waals surface area (Å²) in [7, 11) is 0. The summed E-state index contributed by atoms with van der Waals surface area (Å²) in [6.45, 7) is 5.27. The molecule has 0 aliphatic carbocycles. The first-order chi connectivity index (χ1) is 7.74. The molecule has 1 aliphatic rings. The van der Waals surface area contributed by atoms with Crippen molar-refractivity contribution in [2.45, 2.75) is 51.7 Å². The molecule has 0 unspecified atom stereocenters. The van der Waals surface area contributed by atoms with Gasteiger partial charge in [0, 0.05) is 19.2 Å². The van der Waals surface area contributed by atoms with Crippen LogP contribution in [0, 0.1) is 0 Å². The summed E-state index contributed by atoms with van der Waals surface area (Å²) in [6, 6.07) is 0.226. The van der Waals surface area contributed by atoms with Crippen LogP contribution < -0.4 is 0 Å². The molecule has 94 valence electrons. The third kappa shape index (κ3) is 3.19. The largest absolute Gasteiger partial charge is 0.395 e. The Kier molecular flexibility index (Phi) is 5.77. The number of ether oxygens (including phenoxy) is 1. The van der Waals surface area contributed by atoms with Crippen LogP contribution in [0.15, 0.2) is 0 Å². The predicted octanol–water partition coefficient (Wildman–Crippen LogP) is 1.17. The second-order valence-corrected chi connectivity index (χ2v) is 4.23. The molecule has 1 amide bonds. The van der Waals surface area contributed by atoms with Crippen LogP contribution >= 0.6 is 0 Å². The lowest BCUT2D eigenvalue weighted by molar-refractivity contribution is -0.144. The lowest BCUT2D eigenvalue weighted by Crippen LogP contribution is -2.46. The SMILES string of the molecule is CCC(CC)N(CCO)C(=O)[C@H]1CCCO1. The van der Waals surface area contributed by atoms with Gasteiger partial charge in [0.25, 0.3) is 5.91 Å². The topological polar surface area (TPSA) is 49.8 Å². The summed E-state index contributed by atoms with van der Waals surface area (Å²) in [5, 5.41) is 9.03. The van der Waals surface area contributed by atoms with Gasteiger partial charge in [-0.1, -0.05) is 13.8 Å². The van der Waals surface area contributed by atoms with Gasteiger partial charge in [-0.25, -0.2) is 0 Å². The van der Waals surface area contributed by atoms with E-state index in [1.807, 2.05) is 0 Å². The average molecular weight is 229 g/mol. The highest BCUT2D eigenvalue weighted by molar-refractivity contribution is 5.81. The van der Waals surface area contributed by atoms with Crippen molar-refractivity contribution in [1.82, 2.24) is 4.90 Å². The van der Waals surface area contributed by atoms with Crippen LogP contribution in [0.25, 0.3) is 0 Å². The van der Waals surface area contributed by atoms with E-state index in [4.69, 9.17) is 9.84 Å². The van der Waals surface area contributed by atoms with Crippen LogP contribution in [0.5, 0.6) is 0 Å².